The number of aryl methyl sites for hydroxylation is 1. The van der Waals surface area contributed by atoms with E-state index in [1.165, 1.54) is 22.9 Å². The third kappa shape index (κ3) is 5.04. The highest BCUT2D eigenvalue weighted by Crippen LogP contribution is 2.20. The van der Waals surface area contributed by atoms with Crippen molar-refractivity contribution in [2.24, 2.45) is 0 Å². The zero-order valence-electron chi connectivity index (χ0n) is 15.1. The molecule has 0 saturated carbocycles. The smallest absolute Gasteiger partial charge is 0.212 e. The van der Waals surface area contributed by atoms with Crippen LogP contribution in [0.5, 0.6) is 5.88 Å². The molecule has 1 aliphatic heterocycles. The highest BCUT2D eigenvalue weighted by Gasteiger charge is 2.18. The number of ether oxygens (including phenoxy) is 2. The zero-order chi connectivity index (χ0) is 17.6. The van der Waals surface area contributed by atoms with E-state index in [-0.39, 0.29) is 6.10 Å². The van der Waals surface area contributed by atoms with Crippen molar-refractivity contribution in [1.29, 1.82) is 0 Å². The van der Waals surface area contributed by atoms with Crippen LogP contribution in [0.4, 0.5) is 0 Å². The van der Waals surface area contributed by atoms with Crippen LogP contribution in [-0.4, -0.2) is 29.5 Å². The van der Waals surface area contributed by atoms with E-state index in [1.54, 1.807) is 0 Å². The first kappa shape index (κ1) is 18.4. The van der Waals surface area contributed by atoms with Gasteiger partial charge < -0.3 is 14.8 Å². The highest BCUT2D eigenvalue weighted by molar-refractivity contribution is 7.27. The number of aromatic nitrogens is 2. The third-order valence-corrected chi connectivity index (χ3v) is 5.04. The standard InChI is InChI=1S/C19H28N3O2P/c1-14-6-7-18(25)15(9-14)13-24-19-10-16(11-20-2)21-22(19)12-17-5-3-4-8-23-17/h6-7,9-10,17,20H,3-5,8,11-13,25H2,1-2H3. The molecule has 0 amide bonds. The normalized spacial score (nSPS) is 17.6. The van der Waals surface area contributed by atoms with Gasteiger partial charge in [-0.05, 0) is 44.1 Å². The fraction of sp³-hybridized carbons (Fsp3) is 0.526. The summed E-state index contributed by atoms with van der Waals surface area (Å²) in [6.07, 6.45) is 3.71. The summed E-state index contributed by atoms with van der Waals surface area (Å²) < 4.78 is 14.0. The third-order valence-electron chi connectivity index (χ3n) is 4.48. The number of benzene rings is 1. The molecular weight excluding hydrogens is 333 g/mol. The monoisotopic (exact) mass is 361 g/mol. The number of nitrogens with zero attached hydrogens (tertiary/aromatic N) is 2. The first-order valence-electron chi connectivity index (χ1n) is 8.96. The van der Waals surface area contributed by atoms with Crippen LogP contribution >= 0.6 is 9.24 Å². The fourth-order valence-corrected chi connectivity index (χ4v) is 3.38. The van der Waals surface area contributed by atoms with E-state index in [1.807, 2.05) is 17.8 Å². The predicted molar refractivity (Wildman–Crippen MR) is 103 cm³/mol. The maximum atomic E-state index is 6.13. The SMILES string of the molecule is CNCc1cc(OCc2cc(C)ccc2P)n(CC2CCCCO2)n1. The Balaban J connectivity index is 1.72. The number of hydrogen-bond donors (Lipinski definition) is 1. The van der Waals surface area contributed by atoms with Gasteiger partial charge in [-0.25, -0.2) is 4.68 Å². The molecule has 1 aliphatic rings. The summed E-state index contributed by atoms with van der Waals surface area (Å²) in [4.78, 5) is 0. The molecule has 3 rings (SSSR count). The van der Waals surface area contributed by atoms with Gasteiger partial charge >= 0.3 is 0 Å². The molecule has 1 N–H and O–H groups in total. The Kier molecular flexibility index (Phi) is 6.46. The Hall–Kier alpha value is -1.42. The van der Waals surface area contributed by atoms with Crippen LogP contribution in [0.25, 0.3) is 0 Å². The molecule has 5 nitrogen and oxygen atoms in total. The van der Waals surface area contributed by atoms with Crippen LogP contribution in [-0.2, 0) is 24.4 Å². The van der Waals surface area contributed by atoms with Gasteiger partial charge in [0.25, 0.3) is 0 Å². The number of nitrogens with one attached hydrogen (secondary N) is 1. The Bertz CT molecular complexity index is 696. The Morgan fingerprint density at radius 3 is 3.00 bits per heavy atom. The van der Waals surface area contributed by atoms with Crippen molar-refractivity contribution >= 4 is 14.5 Å². The van der Waals surface area contributed by atoms with Crippen LogP contribution in [0.1, 0.15) is 36.1 Å². The van der Waals surface area contributed by atoms with Crippen LogP contribution in [0.2, 0.25) is 0 Å². The van der Waals surface area contributed by atoms with Crippen molar-refractivity contribution in [3.63, 3.8) is 0 Å². The lowest BCUT2D eigenvalue weighted by molar-refractivity contribution is 0.00230. The molecule has 2 unspecified atom stereocenters. The maximum Gasteiger partial charge on any atom is 0.212 e. The molecule has 1 fully saturated rings. The molecule has 2 aromatic rings. The Morgan fingerprint density at radius 2 is 2.24 bits per heavy atom. The number of rotatable bonds is 7. The topological polar surface area (TPSA) is 48.3 Å². The lowest BCUT2D eigenvalue weighted by Gasteiger charge is -2.23. The van der Waals surface area contributed by atoms with Crippen molar-refractivity contribution in [3.8, 4) is 5.88 Å². The molecule has 136 valence electrons. The maximum absolute atomic E-state index is 6.13. The molecule has 0 radical (unpaired) electrons. The van der Waals surface area contributed by atoms with E-state index in [0.717, 1.165) is 44.1 Å². The first-order valence-corrected chi connectivity index (χ1v) is 9.54. The summed E-state index contributed by atoms with van der Waals surface area (Å²) in [6, 6.07) is 8.42. The van der Waals surface area contributed by atoms with Gasteiger partial charge in [0.2, 0.25) is 5.88 Å². The van der Waals surface area contributed by atoms with Crippen molar-refractivity contribution in [1.82, 2.24) is 15.1 Å². The minimum absolute atomic E-state index is 0.231. The first-order chi connectivity index (χ1) is 12.2. The highest BCUT2D eigenvalue weighted by atomic mass is 31.0. The molecule has 1 saturated heterocycles. The van der Waals surface area contributed by atoms with E-state index < -0.39 is 0 Å². The minimum Gasteiger partial charge on any atom is -0.473 e. The van der Waals surface area contributed by atoms with Crippen LogP contribution in [0, 0.1) is 6.92 Å². The summed E-state index contributed by atoms with van der Waals surface area (Å²) >= 11 is 0. The van der Waals surface area contributed by atoms with Crippen molar-refractivity contribution < 1.29 is 9.47 Å². The predicted octanol–water partition coefficient (Wildman–Crippen LogP) is 2.56. The average molecular weight is 361 g/mol. The van der Waals surface area contributed by atoms with E-state index in [9.17, 15) is 0 Å². The largest absolute Gasteiger partial charge is 0.473 e. The van der Waals surface area contributed by atoms with E-state index in [4.69, 9.17) is 14.6 Å². The minimum atomic E-state index is 0.231. The summed E-state index contributed by atoms with van der Waals surface area (Å²) in [6.45, 7) is 4.97. The van der Waals surface area contributed by atoms with Gasteiger partial charge in [0, 0.05) is 19.2 Å². The second-order valence-corrected chi connectivity index (χ2v) is 7.29. The summed E-state index contributed by atoms with van der Waals surface area (Å²) in [5.74, 6) is 0.810. The number of hydrogen-bond acceptors (Lipinski definition) is 4. The Labute approximate surface area is 152 Å². The van der Waals surface area contributed by atoms with Crippen LogP contribution in [0.15, 0.2) is 24.3 Å². The van der Waals surface area contributed by atoms with Gasteiger partial charge in [-0.3, -0.25) is 0 Å². The van der Waals surface area contributed by atoms with E-state index in [2.05, 4.69) is 39.7 Å². The van der Waals surface area contributed by atoms with Gasteiger partial charge in [-0.15, -0.1) is 9.24 Å². The van der Waals surface area contributed by atoms with Gasteiger partial charge in [0.05, 0.1) is 18.3 Å². The van der Waals surface area contributed by atoms with Crippen molar-refractivity contribution in [2.75, 3.05) is 13.7 Å². The lowest BCUT2D eigenvalue weighted by atomic mass is 10.1. The second kappa shape index (κ2) is 8.79. The van der Waals surface area contributed by atoms with Gasteiger partial charge in [0.1, 0.15) is 6.61 Å². The summed E-state index contributed by atoms with van der Waals surface area (Å²) in [5, 5.41) is 9.01. The molecule has 1 aromatic carbocycles. The van der Waals surface area contributed by atoms with E-state index >= 15 is 0 Å². The molecule has 0 aliphatic carbocycles. The van der Waals surface area contributed by atoms with Gasteiger partial charge in [-0.1, -0.05) is 23.8 Å². The van der Waals surface area contributed by atoms with Gasteiger partial charge in [-0.2, -0.15) is 5.10 Å². The van der Waals surface area contributed by atoms with Crippen molar-refractivity contribution in [3.05, 3.63) is 41.1 Å². The zero-order valence-corrected chi connectivity index (χ0v) is 16.3. The average Bonchev–Trinajstić information content (AvgIpc) is 2.98. The lowest BCUT2D eigenvalue weighted by Crippen LogP contribution is -2.25. The summed E-state index contributed by atoms with van der Waals surface area (Å²) in [7, 11) is 4.71. The quantitative estimate of drug-likeness (QED) is 0.770. The molecule has 25 heavy (non-hydrogen) atoms. The second-order valence-electron chi connectivity index (χ2n) is 6.67. The van der Waals surface area contributed by atoms with Crippen LogP contribution in [0.3, 0.4) is 0 Å². The Morgan fingerprint density at radius 1 is 1.36 bits per heavy atom. The fourth-order valence-electron chi connectivity index (χ4n) is 3.12. The molecule has 0 bridgehead atoms. The van der Waals surface area contributed by atoms with Crippen molar-refractivity contribution in [2.45, 2.75) is 52.0 Å². The van der Waals surface area contributed by atoms with Crippen LogP contribution < -0.4 is 15.4 Å². The molecule has 2 atom stereocenters. The van der Waals surface area contributed by atoms with E-state index in [0.29, 0.717) is 6.61 Å². The molecule has 1 aromatic heterocycles. The molecule has 0 spiro atoms. The molecule has 2 heterocycles. The summed E-state index contributed by atoms with van der Waals surface area (Å²) in [5.41, 5.74) is 3.41. The molecule has 6 heteroatoms. The molecular formula is C19H28N3O2P. The van der Waals surface area contributed by atoms with Gasteiger partial charge in [0.15, 0.2) is 0 Å².